The largest absolute Gasteiger partial charge is 0.490 e. The zero-order chi connectivity index (χ0) is 13.5. The second-order valence-electron chi connectivity index (χ2n) is 4.48. The van der Waals surface area contributed by atoms with Crippen LogP contribution in [0.2, 0.25) is 0 Å². The van der Waals surface area contributed by atoms with E-state index < -0.39 is 0 Å². The number of hydrogen-bond acceptors (Lipinski definition) is 2. The van der Waals surface area contributed by atoms with Crippen molar-refractivity contribution in [2.24, 2.45) is 5.92 Å². The third kappa shape index (κ3) is 4.07. The minimum absolute atomic E-state index is 0.0172. The maximum atomic E-state index is 13.4. The van der Waals surface area contributed by atoms with Crippen LogP contribution in [0, 0.1) is 11.7 Å². The fourth-order valence-corrected chi connectivity index (χ4v) is 1.89. The predicted octanol–water partition coefficient (Wildman–Crippen LogP) is 3.06. The van der Waals surface area contributed by atoms with Gasteiger partial charge in [0.25, 0.3) is 0 Å². The molecule has 0 saturated carbocycles. The molecular formula is C16H17FO2. The summed E-state index contributed by atoms with van der Waals surface area (Å²) < 4.78 is 18.8. The van der Waals surface area contributed by atoms with Crippen LogP contribution < -0.4 is 4.74 Å². The van der Waals surface area contributed by atoms with Gasteiger partial charge < -0.3 is 9.84 Å². The van der Waals surface area contributed by atoms with E-state index in [0.717, 1.165) is 5.56 Å². The Morgan fingerprint density at radius 2 is 1.68 bits per heavy atom. The summed E-state index contributed by atoms with van der Waals surface area (Å²) in [7, 11) is 0. The highest BCUT2D eigenvalue weighted by Gasteiger charge is 2.11. The summed E-state index contributed by atoms with van der Waals surface area (Å²) in [4.78, 5) is 0. The SMILES string of the molecule is OCC(COc1ccccc1F)Cc1ccccc1. The molecular weight excluding hydrogens is 243 g/mol. The molecule has 100 valence electrons. The van der Waals surface area contributed by atoms with E-state index in [0.29, 0.717) is 13.0 Å². The van der Waals surface area contributed by atoms with E-state index >= 15 is 0 Å². The highest BCUT2D eigenvalue weighted by atomic mass is 19.1. The fourth-order valence-electron chi connectivity index (χ4n) is 1.89. The van der Waals surface area contributed by atoms with Crippen molar-refractivity contribution in [3.63, 3.8) is 0 Å². The monoisotopic (exact) mass is 260 g/mol. The van der Waals surface area contributed by atoms with Crippen molar-refractivity contribution in [1.29, 1.82) is 0 Å². The van der Waals surface area contributed by atoms with Crippen LogP contribution in [-0.2, 0) is 6.42 Å². The second-order valence-corrected chi connectivity index (χ2v) is 4.48. The van der Waals surface area contributed by atoms with Crippen molar-refractivity contribution in [3.05, 3.63) is 66.0 Å². The number of hydrogen-bond donors (Lipinski definition) is 1. The quantitative estimate of drug-likeness (QED) is 0.865. The van der Waals surface area contributed by atoms with Gasteiger partial charge in [0, 0.05) is 12.5 Å². The molecule has 0 radical (unpaired) electrons. The van der Waals surface area contributed by atoms with Gasteiger partial charge >= 0.3 is 0 Å². The first-order chi connectivity index (χ1) is 9.29. The van der Waals surface area contributed by atoms with Crippen LogP contribution in [-0.4, -0.2) is 18.3 Å². The lowest BCUT2D eigenvalue weighted by molar-refractivity contribution is 0.159. The van der Waals surface area contributed by atoms with Crippen LogP contribution in [0.3, 0.4) is 0 Å². The van der Waals surface area contributed by atoms with Crippen LogP contribution in [0.25, 0.3) is 0 Å². The summed E-state index contributed by atoms with van der Waals surface area (Å²) in [5.74, 6) is -0.185. The Labute approximate surface area is 112 Å². The van der Waals surface area contributed by atoms with Gasteiger partial charge in [0.1, 0.15) is 0 Å². The lowest BCUT2D eigenvalue weighted by Crippen LogP contribution is -2.19. The molecule has 0 aliphatic carbocycles. The molecule has 1 atom stereocenters. The maximum absolute atomic E-state index is 13.4. The summed E-state index contributed by atoms with van der Waals surface area (Å²) >= 11 is 0. The van der Waals surface area contributed by atoms with Gasteiger partial charge in [-0.05, 0) is 24.1 Å². The molecule has 1 N–H and O–H groups in total. The van der Waals surface area contributed by atoms with E-state index in [1.807, 2.05) is 30.3 Å². The molecule has 0 amide bonds. The van der Waals surface area contributed by atoms with Crippen molar-refractivity contribution in [2.45, 2.75) is 6.42 Å². The molecule has 19 heavy (non-hydrogen) atoms. The van der Waals surface area contributed by atoms with E-state index in [-0.39, 0.29) is 24.1 Å². The van der Waals surface area contributed by atoms with Crippen LogP contribution in [0.4, 0.5) is 4.39 Å². The van der Waals surface area contributed by atoms with E-state index in [1.54, 1.807) is 18.2 Å². The van der Waals surface area contributed by atoms with Crippen molar-refractivity contribution in [2.75, 3.05) is 13.2 Å². The topological polar surface area (TPSA) is 29.5 Å². The number of para-hydroxylation sites is 1. The zero-order valence-electron chi connectivity index (χ0n) is 10.6. The van der Waals surface area contributed by atoms with Crippen molar-refractivity contribution in [3.8, 4) is 5.75 Å². The Balaban J connectivity index is 1.91. The third-order valence-electron chi connectivity index (χ3n) is 2.94. The molecule has 3 heteroatoms. The zero-order valence-corrected chi connectivity index (χ0v) is 10.6. The van der Waals surface area contributed by atoms with Crippen molar-refractivity contribution in [1.82, 2.24) is 0 Å². The van der Waals surface area contributed by atoms with Gasteiger partial charge in [-0.25, -0.2) is 4.39 Å². The molecule has 2 nitrogen and oxygen atoms in total. The lowest BCUT2D eigenvalue weighted by atomic mass is 10.0. The van der Waals surface area contributed by atoms with E-state index in [1.165, 1.54) is 6.07 Å². The summed E-state index contributed by atoms with van der Waals surface area (Å²) in [5, 5.41) is 9.36. The van der Waals surface area contributed by atoms with Gasteiger partial charge in [0.2, 0.25) is 0 Å². The Bertz CT molecular complexity index is 499. The highest BCUT2D eigenvalue weighted by Crippen LogP contribution is 2.17. The molecule has 0 fully saturated rings. The van der Waals surface area contributed by atoms with E-state index in [4.69, 9.17) is 4.74 Å². The van der Waals surface area contributed by atoms with Crippen LogP contribution in [0.1, 0.15) is 5.56 Å². The van der Waals surface area contributed by atoms with Gasteiger partial charge in [0.05, 0.1) is 6.61 Å². The van der Waals surface area contributed by atoms with Gasteiger partial charge in [0.15, 0.2) is 11.6 Å². The smallest absolute Gasteiger partial charge is 0.165 e. The summed E-state index contributed by atoms with van der Waals surface area (Å²) in [6.07, 6.45) is 0.714. The number of halogens is 1. The van der Waals surface area contributed by atoms with Crippen molar-refractivity contribution >= 4 is 0 Å². The third-order valence-corrected chi connectivity index (χ3v) is 2.94. The summed E-state index contributed by atoms with van der Waals surface area (Å²) in [6.45, 7) is 0.315. The molecule has 0 aliphatic rings. The molecule has 0 spiro atoms. The standard InChI is InChI=1S/C16H17FO2/c17-15-8-4-5-9-16(15)19-12-14(11-18)10-13-6-2-1-3-7-13/h1-9,14,18H,10-12H2. The average molecular weight is 260 g/mol. The molecule has 0 heterocycles. The molecule has 2 aromatic carbocycles. The minimum atomic E-state index is -0.376. The minimum Gasteiger partial charge on any atom is -0.490 e. The van der Waals surface area contributed by atoms with E-state index in [9.17, 15) is 9.50 Å². The fraction of sp³-hybridized carbons (Fsp3) is 0.250. The highest BCUT2D eigenvalue weighted by molar-refractivity contribution is 5.23. The number of aliphatic hydroxyl groups is 1. The maximum Gasteiger partial charge on any atom is 0.165 e. The Morgan fingerprint density at radius 1 is 1.00 bits per heavy atom. The molecule has 0 aromatic heterocycles. The normalized spacial score (nSPS) is 12.1. The molecule has 2 aromatic rings. The van der Waals surface area contributed by atoms with Gasteiger partial charge in [-0.3, -0.25) is 0 Å². The number of aliphatic hydroxyl groups excluding tert-OH is 1. The molecule has 0 bridgehead atoms. The number of rotatable bonds is 6. The first-order valence-corrected chi connectivity index (χ1v) is 6.31. The van der Waals surface area contributed by atoms with Crippen LogP contribution >= 0.6 is 0 Å². The Morgan fingerprint density at radius 3 is 2.37 bits per heavy atom. The van der Waals surface area contributed by atoms with Gasteiger partial charge in [-0.15, -0.1) is 0 Å². The average Bonchev–Trinajstić information content (AvgIpc) is 2.46. The van der Waals surface area contributed by atoms with Gasteiger partial charge in [-0.2, -0.15) is 0 Å². The Kier molecular flexibility index (Phi) is 4.93. The molecule has 0 saturated heterocycles. The molecule has 2 rings (SSSR count). The first kappa shape index (κ1) is 13.6. The summed E-state index contributed by atoms with van der Waals surface area (Å²) in [6, 6.07) is 16.2. The number of ether oxygens (including phenoxy) is 1. The molecule has 1 unspecified atom stereocenters. The van der Waals surface area contributed by atoms with Gasteiger partial charge in [-0.1, -0.05) is 42.5 Å². The lowest BCUT2D eigenvalue weighted by Gasteiger charge is -2.15. The van der Waals surface area contributed by atoms with Crippen LogP contribution in [0.15, 0.2) is 54.6 Å². The predicted molar refractivity (Wildman–Crippen MR) is 72.6 cm³/mol. The Hall–Kier alpha value is -1.87. The second kappa shape index (κ2) is 6.90. The first-order valence-electron chi connectivity index (χ1n) is 6.31. The van der Waals surface area contributed by atoms with Crippen molar-refractivity contribution < 1.29 is 14.2 Å². The summed E-state index contributed by atoms with van der Waals surface area (Å²) in [5.41, 5.74) is 1.14. The number of benzene rings is 2. The van der Waals surface area contributed by atoms with Crippen LogP contribution in [0.5, 0.6) is 5.75 Å². The van der Waals surface area contributed by atoms with E-state index in [2.05, 4.69) is 0 Å². The molecule has 0 aliphatic heterocycles.